The van der Waals surface area contributed by atoms with E-state index in [4.69, 9.17) is 27.9 Å². The molecule has 0 aliphatic heterocycles. The lowest BCUT2D eigenvalue weighted by Gasteiger charge is -2.11. The molecule has 0 bridgehead atoms. The molecule has 0 saturated carbocycles. The number of amides is 2. The number of carbonyl (C=O) groups excluding carboxylic acids is 3. The van der Waals surface area contributed by atoms with Gasteiger partial charge in [-0.3, -0.25) is 9.59 Å². The van der Waals surface area contributed by atoms with Crippen molar-refractivity contribution in [3.8, 4) is 5.75 Å². The average molecular weight is 520 g/mol. The quantitative estimate of drug-likeness (QED) is 0.115. The molecule has 180 valence electrons. The van der Waals surface area contributed by atoms with Gasteiger partial charge in [0.05, 0.1) is 27.5 Å². The second kappa shape index (κ2) is 11.0. The summed E-state index contributed by atoms with van der Waals surface area (Å²) in [6, 6.07) is 22.5. The molecule has 0 heterocycles. The normalized spacial score (nSPS) is 10.9. The maximum absolute atomic E-state index is 12.7. The molecule has 0 aliphatic rings. The number of fused-ring (bicyclic) bond motifs is 1. The van der Waals surface area contributed by atoms with Gasteiger partial charge < -0.3 is 10.1 Å². The van der Waals surface area contributed by atoms with E-state index in [1.54, 1.807) is 30.3 Å². The molecular formula is C27H19Cl2N3O4. The van der Waals surface area contributed by atoms with E-state index in [1.807, 2.05) is 49.4 Å². The Morgan fingerprint density at radius 3 is 2.39 bits per heavy atom. The largest absolute Gasteiger partial charge is 0.422 e. The van der Waals surface area contributed by atoms with Gasteiger partial charge in [0.1, 0.15) is 5.75 Å². The van der Waals surface area contributed by atoms with Crippen molar-refractivity contribution in [2.45, 2.75) is 6.92 Å². The van der Waals surface area contributed by atoms with Crippen LogP contribution in [0.3, 0.4) is 0 Å². The number of rotatable bonds is 5. The van der Waals surface area contributed by atoms with E-state index in [9.17, 15) is 14.4 Å². The fourth-order valence-corrected chi connectivity index (χ4v) is 3.68. The van der Waals surface area contributed by atoms with Crippen molar-refractivity contribution in [1.29, 1.82) is 0 Å². The van der Waals surface area contributed by atoms with E-state index >= 15 is 0 Å². The molecule has 0 saturated heterocycles. The fourth-order valence-electron chi connectivity index (χ4n) is 3.33. The first kappa shape index (κ1) is 24.9. The highest BCUT2D eigenvalue weighted by Gasteiger charge is 2.17. The van der Waals surface area contributed by atoms with Crippen LogP contribution < -0.4 is 15.5 Å². The molecule has 0 aromatic heterocycles. The van der Waals surface area contributed by atoms with Gasteiger partial charge in [-0.2, -0.15) is 5.10 Å². The van der Waals surface area contributed by atoms with Crippen molar-refractivity contribution in [1.82, 2.24) is 5.43 Å². The number of ether oxygens (including phenoxy) is 1. The first-order chi connectivity index (χ1) is 17.3. The average Bonchev–Trinajstić information content (AvgIpc) is 2.88. The van der Waals surface area contributed by atoms with Crippen molar-refractivity contribution in [2.24, 2.45) is 5.10 Å². The third kappa shape index (κ3) is 5.71. The monoisotopic (exact) mass is 519 g/mol. The summed E-state index contributed by atoms with van der Waals surface area (Å²) >= 11 is 12.0. The molecule has 0 atom stereocenters. The topological polar surface area (TPSA) is 96.9 Å². The van der Waals surface area contributed by atoms with Crippen molar-refractivity contribution < 1.29 is 19.1 Å². The number of hydrogen-bond donors (Lipinski definition) is 2. The van der Waals surface area contributed by atoms with E-state index in [0.717, 1.165) is 16.3 Å². The van der Waals surface area contributed by atoms with Gasteiger partial charge in [-0.15, -0.1) is 0 Å². The second-order valence-electron chi connectivity index (χ2n) is 7.71. The predicted molar refractivity (Wildman–Crippen MR) is 141 cm³/mol. The first-order valence-corrected chi connectivity index (χ1v) is 11.5. The molecule has 4 aromatic rings. The van der Waals surface area contributed by atoms with Gasteiger partial charge in [-0.1, -0.05) is 77.3 Å². The van der Waals surface area contributed by atoms with E-state index in [0.29, 0.717) is 11.1 Å². The highest BCUT2D eigenvalue weighted by molar-refractivity contribution is 6.45. The standard InChI is InChI=1S/C27H19Cl2N3O4/c1-16-9-11-18(12-10-16)27(35)36-23-14-13-17-5-2-3-6-19(17)20(23)15-30-32-26(34)25(33)31-22-8-4-7-21(28)24(22)29/h2-15H,1H3,(H,31,33)(H,32,34). The van der Waals surface area contributed by atoms with Gasteiger partial charge >= 0.3 is 17.8 Å². The van der Waals surface area contributed by atoms with Crippen molar-refractivity contribution in [3.63, 3.8) is 0 Å². The Morgan fingerprint density at radius 1 is 0.861 bits per heavy atom. The lowest BCUT2D eigenvalue weighted by Crippen LogP contribution is -2.32. The number of nitrogens with one attached hydrogen (secondary N) is 2. The molecule has 0 unspecified atom stereocenters. The van der Waals surface area contributed by atoms with Crippen LogP contribution in [-0.2, 0) is 9.59 Å². The summed E-state index contributed by atoms with van der Waals surface area (Å²) in [6.45, 7) is 1.92. The molecule has 9 heteroatoms. The third-order valence-electron chi connectivity index (χ3n) is 5.19. The molecule has 2 N–H and O–H groups in total. The van der Waals surface area contributed by atoms with Crippen LogP contribution in [0.5, 0.6) is 5.75 Å². The molecule has 4 aromatic carbocycles. The van der Waals surface area contributed by atoms with E-state index in [1.165, 1.54) is 12.3 Å². The van der Waals surface area contributed by atoms with Crippen molar-refractivity contribution >= 4 is 63.7 Å². The molecule has 0 fully saturated rings. The van der Waals surface area contributed by atoms with Gasteiger partial charge in [-0.05, 0) is 48.0 Å². The zero-order valence-electron chi connectivity index (χ0n) is 18.9. The summed E-state index contributed by atoms with van der Waals surface area (Å²) in [5.41, 5.74) is 4.22. The van der Waals surface area contributed by atoms with Crippen LogP contribution in [0.4, 0.5) is 5.69 Å². The molecular weight excluding hydrogens is 501 g/mol. The Morgan fingerprint density at radius 2 is 1.61 bits per heavy atom. The van der Waals surface area contributed by atoms with Crippen LogP contribution in [0.1, 0.15) is 21.5 Å². The van der Waals surface area contributed by atoms with Gasteiger partial charge in [0.15, 0.2) is 0 Å². The summed E-state index contributed by atoms with van der Waals surface area (Å²) in [5.74, 6) is -2.31. The number of carbonyl (C=O) groups is 3. The summed E-state index contributed by atoms with van der Waals surface area (Å²) in [4.78, 5) is 37.2. The van der Waals surface area contributed by atoms with Crippen LogP contribution in [-0.4, -0.2) is 24.0 Å². The van der Waals surface area contributed by atoms with Crippen LogP contribution in [0.15, 0.2) is 84.0 Å². The highest BCUT2D eigenvalue weighted by Crippen LogP contribution is 2.30. The number of aryl methyl sites for hydroxylation is 1. The van der Waals surface area contributed by atoms with E-state index < -0.39 is 17.8 Å². The Balaban J connectivity index is 1.54. The number of hydrogen-bond acceptors (Lipinski definition) is 5. The number of benzene rings is 4. The molecule has 0 spiro atoms. The van der Waals surface area contributed by atoms with Gasteiger partial charge in [0, 0.05) is 5.56 Å². The Bertz CT molecular complexity index is 1500. The Labute approximate surface area is 216 Å². The minimum Gasteiger partial charge on any atom is -0.422 e. The maximum Gasteiger partial charge on any atom is 0.343 e. The number of hydrazone groups is 1. The summed E-state index contributed by atoms with van der Waals surface area (Å²) in [6.07, 6.45) is 1.32. The van der Waals surface area contributed by atoms with E-state index in [-0.39, 0.29) is 21.5 Å². The van der Waals surface area contributed by atoms with Crippen LogP contribution in [0, 0.1) is 6.92 Å². The minimum atomic E-state index is -1.03. The molecule has 4 rings (SSSR count). The molecule has 0 radical (unpaired) electrons. The first-order valence-electron chi connectivity index (χ1n) is 10.7. The smallest absolute Gasteiger partial charge is 0.343 e. The van der Waals surface area contributed by atoms with Crippen LogP contribution >= 0.6 is 23.2 Å². The van der Waals surface area contributed by atoms with Gasteiger partial charge in [0.2, 0.25) is 0 Å². The zero-order valence-corrected chi connectivity index (χ0v) is 20.4. The van der Waals surface area contributed by atoms with Crippen molar-refractivity contribution in [2.75, 3.05) is 5.32 Å². The van der Waals surface area contributed by atoms with Crippen LogP contribution in [0.2, 0.25) is 10.0 Å². The summed E-state index contributed by atoms with van der Waals surface area (Å²) < 4.78 is 5.64. The predicted octanol–water partition coefficient (Wildman–Crippen LogP) is 5.76. The highest BCUT2D eigenvalue weighted by atomic mass is 35.5. The summed E-state index contributed by atoms with van der Waals surface area (Å²) in [7, 11) is 0. The molecule has 36 heavy (non-hydrogen) atoms. The van der Waals surface area contributed by atoms with E-state index in [2.05, 4.69) is 15.8 Å². The Kier molecular flexibility index (Phi) is 7.63. The molecule has 7 nitrogen and oxygen atoms in total. The maximum atomic E-state index is 12.7. The number of halogens is 2. The lowest BCUT2D eigenvalue weighted by atomic mass is 10.0. The Hall–Kier alpha value is -4.20. The van der Waals surface area contributed by atoms with Gasteiger partial charge in [0.25, 0.3) is 0 Å². The third-order valence-corrected chi connectivity index (χ3v) is 6.01. The lowest BCUT2D eigenvalue weighted by molar-refractivity contribution is -0.136. The number of nitrogens with zero attached hydrogens (tertiary/aromatic N) is 1. The number of esters is 1. The van der Waals surface area contributed by atoms with Crippen LogP contribution in [0.25, 0.3) is 10.8 Å². The molecule has 0 aliphatic carbocycles. The van der Waals surface area contributed by atoms with Gasteiger partial charge in [-0.25, -0.2) is 10.2 Å². The fraction of sp³-hybridized carbons (Fsp3) is 0.0370. The minimum absolute atomic E-state index is 0.111. The molecule has 2 amide bonds. The number of anilines is 1. The second-order valence-corrected chi connectivity index (χ2v) is 8.49. The SMILES string of the molecule is Cc1ccc(C(=O)Oc2ccc3ccccc3c2C=NNC(=O)C(=O)Nc2cccc(Cl)c2Cl)cc1. The van der Waals surface area contributed by atoms with Crippen molar-refractivity contribution in [3.05, 3.63) is 106 Å². The summed E-state index contributed by atoms with van der Waals surface area (Å²) in [5, 5.41) is 8.24. The zero-order chi connectivity index (χ0) is 25.7.